The van der Waals surface area contributed by atoms with Crippen LogP contribution in [0.15, 0.2) is 16.6 Å². The number of hydrogen-bond donors (Lipinski definition) is 1. The molecule has 0 aromatic heterocycles. The van der Waals surface area contributed by atoms with Crippen molar-refractivity contribution in [3.63, 3.8) is 0 Å². The zero-order chi connectivity index (χ0) is 15.6. The van der Waals surface area contributed by atoms with Crippen LogP contribution in [0.4, 0.5) is 11.4 Å². The number of hydrogen-bond acceptors (Lipinski definition) is 4. The Hall–Kier alpha value is -1.14. The SMILES string of the molecule is CNC1CCC(N(C)c2cc(C)c([N+](=O)[O-])cc2Br)CC1. The van der Waals surface area contributed by atoms with Crippen molar-refractivity contribution >= 4 is 27.3 Å². The molecule has 1 aliphatic rings. The normalized spacial score (nSPS) is 22.1. The Labute approximate surface area is 134 Å². The lowest BCUT2D eigenvalue weighted by molar-refractivity contribution is -0.385. The van der Waals surface area contributed by atoms with Gasteiger partial charge in [-0.1, -0.05) is 0 Å². The predicted octanol–water partition coefficient (Wildman–Crippen LogP) is 3.63. The van der Waals surface area contributed by atoms with Gasteiger partial charge in [-0.25, -0.2) is 0 Å². The zero-order valence-electron chi connectivity index (χ0n) is 12.7. The van der Waals surface area contributed by atoms with Gasteiger partial charge in [-0.05, 0) is 61.7 Å². The van der Waals surface area contributed by atoms with Crippen LogP contribution in [-0.4, -0.2) is 31.1 Å². The molecule has 0 unspecified atom stereocenters. The standard InChI is InChI=1S/C15H22BrN3O2/c1-10-8-15(13(16)9-14(10)19(20)21)18(3)12-6-4-11(17-2)5-7-12/h8-9,11-12,17H,4-7H2,1-3H3. The molecular formula is C15H22BrN3O2. The quantitative estimate of drug-likeness (QED) is 0.661. The molecule has 1 aromatic carbocycles. The summed E-state index contributed by atoms with van der Waals surface area (Å²) in [5, 5.41) is 14.3. The van der Waals surface area contributed by atoms with E-state index in [9.17, 15) is 10.1 Å². The van der Waals surface area contributed by atoms with E-state index in [0.29, 0.717) is 17.6 Å². The average Bonchev–Trinajstić information content (AvgIpc) is 2.48. The molecule has 21 heavy (non-hydrogen) atoms. The maximum atomic E-state index is 11.0. The molecular weight excluding hydrogens is 334 g/mol. The summed E-state index contributed by atoms with van der Waals surface area (Å²) in [7, 11) is 4.10. The number of aryl methyl sites for hydroxylation is 1. The van der Waals surface area contributed by atoms with Crippen LogP contribution in [0.25, 0.3) is 0 Å². The molecule has 6 heteroatoms. The third-order valence-corrected chi connectivity index (χ3v) is 5.13. The highest BCUT2D eigenvalue weighted by molar-refractivity contribution is 9.10. The molecule has 0 heterocycles. The molecule has 0 radical (unpaired) electrons. The highest BCUT2D eigenvalue weighted by Gasteiger charge is 2.25. The summed E-state index contributed by atoms with van der Waals surface area (Å²) in [4.78, 5) is 12.9. The molecule has 2 rings (SSSR count). The van der Waals surface area contributed by atoms with E-state index < -0.39 is 0 Å². The molecule has 0 spiro atoms. The van der Waals surface area contributed by atoms with E-state index in [1.54, 1.807) is 13.0 Å². The average molecular weight is 356 g/mol. The number of halogens is 1. The van der Waals surface area contributed by atoms with Gasteiger partial charge in [0.15, 0.2) is 0 Å². The number of nitrogens with zero attached hydrogens (tertiary/aromatic N) is 2. The van der Waals surface area contributed by atoms with Crippen LogP contribution in [0.5, 0.6) is 0 Å². The van der Waals surface area contributed by atoms with E-state index in [1.165, 1.54) is 12.8 Å². The van der Waals surface area contributed by atoms with Crippen LogP contribution < -0.4 is 10.2 Å². The molecule has 0 saturated heterocycles. The molecule has 0 atom stereocenters. The van der Waals surface area contributed by atoms with E-state index in [0.717, 1.165) is 23.0 Å². The molecule has 0 bridgehead atoms. The van der Waals surface area contributed by atoms with E-state index in [-0.39, 0.29) is 10.6 Å². The Balaban J connectivity index is 2.18. The van der Waals surface area contributed by atoms with Crippen molar-refractivity contribution < 1.29 is 4.92 Å². The smallest absolute Gasteiger partial charge is 0.273 e. The van der Waals surface area contributed by atoms with Crippen molar-refractivity contribution in [2.75, 3.05) is 19.0 Å². The first kappa shape index (κ1) is 16.2. The molecule has 0 aliphatic heterocycles. The third kappa shape index (κ3) is 3.55. The highest BCUT2D eigenvalue weighted by atomic mass is 79.9. The van der Waals surface area contributed by atoms with Gasteiger partial charge in [0.05, 0.1) is 10.6 Å². The van der Waals surface area contributed by atoms with Gasteiger partial charge in [0.2, 0.25) is 0 Å². The van der Waals surface area contributed by atoms with Gasteiger partial charge in [-0.2, -0.15) is 0 Å². The Bertz CT molecular complexity index is 528. The number of benzene rings is 1. The second-order valence-electron chi connectivity index (χ2n) is 5.75. The summed E-state index contributed by atoms with van der Waals surface area (Å²) < 4.78 is 0.790. The summed E-state index contributed by atoms with van der Waals surface area (Å²) in [6.45, 7) is 1.79. The van der Waals surface area contributed by atoms with Crippen molar-refractivity contribution in [1.29, 1.82) is 0 Å². The lowest BCUT2D eigenvalue weighted by Gasteiger charge is -2.36. The molecule has 1 fully saturated rings. The lowest BCUT2D eigenvalue weighted by Crippen LogP contribution is -2.40. The number of nitro benzene ring substituents is 1. The van der Waals surface area contributed by atoms with Crippen LogP contribution >= 0.6 is 15.9 Å². The van der Waals surface area contributed by atoms with Crippen molar-refractivity contribution in [2.45, 2.75) is 44.7 Å². The lowest BCUT2D eigenvalue weighted by atomic mass is 9.90. The molecule has 1 aliphatic carbocycles. The van der Waals surface area contributed by atoms with Crippen molar-refractivity contribution in [3.05, 3.63) is 32.3 Å². The minimum atomic E-state index is -0.331. The fourth-order valence-electron chi connectivity index (χ4n) is 3.07. The summed E-state index contributed by atoms with van der Waals surface area (Å²) in [6.07, 6.45) is 4.64. The fraction of sp³-hybridized carbons (Fsp3) is 0.600. The first-order chi connectivity index (χ1) is 9.93. The summed E-state index contributed by atoms with van der Waals surface area (Å²) in [5.74, 6) is 0. The van der Waals surface area contributed by atoms with Crippen LogP contribution in [0.1, 0.15) is 31.2 Å². The first-order valence-electron chi connectivity index (χ1n) is 7.28. The number of nitrogens with one attached hydrogen (secondary N) is 1. The van der Waals surface area contributed by atoms with Crippen LogP contribution in [0.3, 0.4) is 0 Å². The number of anilines is 1. The van der Waals surface area contributed by atoms with Crippen molar-refractivity contribution in [2.24, 2.45) is 0 Å². The molecule has 1 saturated carbocycles. The Kier molecular flexibility index (Phi) is 5.22. The Morgan fingerprint density at radius 3 is 2.48 bits per heavy atom. The largest absolute Gasteiger partial charge is 0.371 e. The second-order valence-corrected chi connectivity index (χ2v) is 6.61. The summed E-state index contributed by atoms with van der Waals surface area (Å²) in [5.41, 5.74) is 1.90. The highest BCUT2D eigenvalue weighted by Crippen LogP contribution is 2.35. The Morgan fingerprint density at radius 1 is 1.33 bits per heavy atom. The molecule has 5 nitrogen and oxygen atoms in total. The molecule has 1 aromatic rings. The topological polar surface area (TPSA) is 58.4 Å². The Morgan fingerprint density at radius 2 is 1.95 bits per heavy atom. The third-order valence-electron chi connectivity index (χ3n) is 4.49. The van der Waals surface area contributed by atoms with E-state index in [4.69, 9.17) is 0 Å². The minimum absolute atomic E-state index is 0.165. The second kappa shape index (κ2) is 6.75. The number of rotatable bonds is 4. The van der Waals surface area contributed by atoms with Gasteiger partial charge in [0, 0.05) is 35.2 Å². The zero-order valence-corrected chi connectivity index (χ0v) is 14.3. The predicted molar refractivity (Wildman–Crippen MR) is 89.0 cm³/mol. The van der Waals surface area contributed by atoms with Crippen LogP contribution in [-0.2, 0) is 0 Å². The summed E-state index contributed by atoms with van der Waals surface area (Å²) >= 11 is 3.48. The maximum absolute atomic E-state index is 11.0. The van der Waals surface area contributed by atoms with Crippen LogP contribution in [0, 0.1) is 17.0 Å². The van der Waals surface area contributed by atoms with E-state index in [1.807, 2.05) is 13.1 Å². The molecule has 116 valence electrons. The van der Waals surface area contributed by atoms with Crippen molar-refractivity contribution in [1.82, 2.24) is 5.32 Å². The van der Waals surface area contributed by atoms with Crippen molar-refractivity contribution in [3.8, 4) is 0 Å². The first-order valence-corrected chi connectivity index (χ1v) is 8.08. The van der Waals surface area contributed by atoms with Gasteiger partial charge in [-0.3, -0.25) is 10.1 Å². The van der Waals surface area contributed by atoms with Gasteiger partial charge >= 0.3 is 0 Å². The number of nitro groups is 1. The van der Waals surface area contributed by atoms with Gasteiger partial charge in [0.1, 0.15) is 0 Å². The minimum Gasteiger partial charge on any atom is -0.371 e. The monoisotopic (exact) mass is 355 g/mol. The summed E-state index contributed by atoms with van der Waals surface area (Å²) in [6, 6.07) is 4.63. The van der Waals surface area contributed by atoms with Gasteiger partial charge in [-0.15, -0.1) is 0 Å². The molecule has 0 amide bonds. The van der Waals surface area contributed by atoms with Gasteiger partial charge in [0.25, 0.3) is 5.69 Å². The van der Waals surface area contributed by atoms with E-state index >= 15 is 0 Å². The van der Waals surface area contributed by atoms with E-state index in [2.05, 4.69) is 33.2 Å². The van der Waals surface area contributed by atoms with Crippen LogP contribution in [0.2, 0.25) is 0 Å². The molecule has 1 N–H and O–H groups in total. The van der Waals surface area contributed by atoms with Gasteiger partial charge < -0.3 is 10.2 Å². The fourth-order valence-corrected chi connectivity index (χ4v) is 3.68. The maximum Gasteiger partial charge on any atom is 0.273 e.